The van der Waals surface area contributed by atoms with Gasteiger partial charge in [-0.3, -0.25) is 4.79 Å². The maximum Gasteiger partial charge on any atom is 0.336 e. The van der Waals surface area contributed by atoms with Crippen LogP contribution in [-0.4, -0.2) is 4.98 Å². The zero-order valence-corrected chi connectivity index (χ0v) is 11.8. The Morgan fingerprint density at radius 3 is 2.81 bits per heavy atom. The molecule has 0 spiro atoms. The minimum absolute atomic E-state index is 0.0843. The van der Waals surface area contributed by atoms with Crippen molar-refractivity contribution in [2.24, 2.45) is 0 Å². The highest BCUT2D eigenvalue weighted by Gasteiger charge is 2.18. The van der Waals surface area contributed by atoms with E-state index in [1.165, 1.54) is 6.07 Å². The third-order valence-electron chi connectivity index (χ3n) is 4.37. The Balaban J connectivity index is 2.26. The van der Waals surface area contributed by atoms with Gasteiger partial charge >= 0.3 is 5.63 Å². The second-order valence-electron chi connectivity index (χ2n) is 5.73. The smallest absolute Gasteiger partial charge is 0.336 e. The zero-order chi connectivity index (χ0) is 14.6. The van der Waals surface area contributed by atoms with Crippen molar-refractivity contribution in [1.82, 2.24) is 4.98 Å². The number of hydrogen-bond donors (Lipinski definition) is 1. The van der Waals surface area contributed by atoms with Gasteiger partial charge in [0.2, 0.25) is 0 Å². The predicted molar refractivity (Wildman–Crippen MR) is 82.0 cm³/mol. The van der Waals surface area contributed by atoms with Crippen LogP contribution in [0.2, 0.25) is 0 Å². The summed E-state index contributed by atoms with van der Waals surface area (Å²) in [6.45, 7) is 1.93. The van der Waals surface area contributed by atoms with E-state index in [0.29, 0.717) is 16.4 Å². The van der Waals surface area contributed by atoms with E-state index < -0.39 is 5.63 Å². The fourth-order valence-electron chi connectivity index (χ4n) is 3.34. The van der Waals surface area contributed by atoms with Crippen LogP contribution in [0.25, 0.3) is 21.9 Å². The summed E-state index contributed by atoms with van der Waals surface area (Å²) in [7, 11) is 0. The van der Waals surface area contributed by atoms with E-state index in [-0.39, 0.29) is 5.43 Å². The van der Waals surface area contributed by atoms with Crippen molar-refractivity contribution in [2.45, 2.75) is 32.6 Å². The van der Waals surface area contributed by atoms with Gasteiger partial charge in [-0.25, -0.2) is 4.79 Å². The van der Waals surface area contributed by atoms with Crippen LogP contribution in [0.5, 0.6) is 0 Å². The lowest BCUT2D eigenvalue weighted by Crippen LogP contribution is -2.19. The number of rotatable bonds is 0. The molecule has 4 rings (SSSR count). The largest absolute Gasteiger partial charge is 0.423 e. The average molecular weight is 281 g/mol. The van der Waals surface area contributed by atoms with Crippen LogP contribution in [0.4, 0.5) is 0 Å². The van der Waals surface area contributed by atoms with Gasteiger partial charge in [-0.2, -0.15) is 0 Å². The van der Waals surface area contributed by atoms with Gasteiger partial charge in [-0.05, 0) is 50.3 Å². The lowest BCUT2D eigenvalue weighted by molar-refractivity contribution is 0.561. The first kappa shape index (κ1) is 12.4. The van der Waals surface area contributed by atoms with Crippen LogP contribution >= 0.6 is 0 Å². The fraction of sp³-hybridized carbons (Fsp3) is 0.294. The van der Waals surface area contributed by atoms with Gasteiger partial charge in [-0.15, -0.1) is 0 Å². The van der Waals surface area contributed by atoms with Crippen LogP contribution in [0.15, 0.2) is 32.2 Å². The molecule has 1 aliphatic carbocycles. The quantitative estimate of drug-likeness (QED) is 0.509. The number of benzene rings is 1. The number of aromatic amines is 1. The molecule has 0 aliphatic heterocycles. The summed E-state index contributed by atoms with van der Waals surface area (Å²) in [6, 6.07) is 4.88. The molecule has 0 unspecified atom stereocenters. The summed E-state index contributed by atoms with van der Waals surface area (Å²) in [5, 5.41) is 1.36. The summed E-state index contributed by atoms with van der Waals surface area (Å²) < 4.78 is 5.24. The summed E-state index contributed by atoms with van der Waals surface area (Å²) in [4.78, 5) is 27.7. The Hall–Kier alpha value is -2.36. The molecule has 1 aliphatic rings. The second kappa shape index (κ2) is 4.32. The first-order valence-corrected chi connectivity index (χ1v) is 7.26. The van der Waals surface area contributed by atoms with Crippen molar-refractivity contribution in [3.63, 3.8) is 0 Å². The van der Waals surface area contributed by atoms with Crippen LogP contribution in [-0.2, 0) is 12.8 Å². The maximum absolute atomic E-state index is 12.9. The van der Waals surface area contributed by atoms with Crippen LogP contribution in [0.1, 0.15) is 29.7 Å². The van der Waals surface area contributed by atoms with E-state index in [9.17, 15) is 9.59 Å². The monoisotopic (exact) mass is 281 g/mol. The molecule has 0 saturated carbocycles. The van der Waals surface area contributed by atoms with E-state index in [1.54, 1.807) is 6.07 Å². The molecular formula is C17H15NO3. The summed E-state index contributed by atoms with van der Waals surface area (Å²) >= 11 is 0. The zero-order valence-electron chi connectivity index (χ0n) is 11.8. The topological polar surface area (TPSA) is 63.1 Å². The Morgan fingerprint density at radius 1 is 1.14 bits per heavy atom. The number of fused-ring (bicyclic) bond motifs is 4. The Kier molecular flexibility index (Phi) is 2.55. The Morgan fingerprint density at radius 2 is 1.95 bits per heavy atom. The van der Waals surface area contributed by atoms with Gasteiger partial charge in [-0.1, -0.05) is 0 Å². The van der Waals surface area contributed by atoms with E-state index in [1.807, 2.05) is 13.0 Å². The number of pyridine rings is 1. The first-order valence-electron chi connectivity index (χ1n) is 7.26. The molecule has 2 heterocycles. The number of H-pyrrole nitrogens is 1. The van der Waals surface area contributed by atoms with E-state index in [0.717, 1.165) is 48.0 Å². The first-order chi connectivity index (χ1) is 10.1. The number of aromatic nitrogens is 1. The van der Waals surface area contributed by atoms with Crippen LogP contribution in [0.3, 0.4) is 0 Å². The molecule has 0 bridgehead atoms. The molecule has 2 aromatic heterocycles. The molecule has 3 aromatic rings. The highest BCUT2D eigenvalue weighted by molar-refractivity contribution is 6.05. The molecule has 0 amide bonds. The molecule has 4 heteroatoms. The maximum atomic E-state index is 12.9. The number of hydrogen-bond acceptors (Lipinski definition) is 3. The molecule has 0 radical (unpaired) electrons. The average Bonchev–Trinajstić information content (AvgIpc) is 2.48. The van der Waals surface area contributed by atoms with Crippen molar-refractivity contribution in [1.29, 1.82) is 0 Å². The standard InChI is InChI=1S/C17H15NO3/c1-9-8-13-11(6-7-14(19)21-13)15-16(9)18-12-5-3-2-4-10(12)17(15)20/h6-8H,2-5H2,1H3,(H,18,20). The predicted octanol–water partition coefficient (Wildman–Crippen LogP) is 2.82. The molecule has 106 valence electrons. The Bertz CT molecular complexity index is 995. The van der Waals surface area contributed by atoms with Crippen LogP contribution in [0, 0.1) is 6.92 Å². The fourth-order valence-corrected chi connectivity index (χ4v) is 3.34. The lowest BCUT2D eigenvalue weighted by atomic mass is 9.92. The van der Waals surface area contributed by atoms with E-state index in [4.69, 9.17) is 4.42 Å². The lowest BCUT2D eigenvalue weighted by Gasteiger charge is -2.17. The molecule has 1 aromatic carbocycles. The second-order valence-corrected chi connectivity index (χ2v) is 5.73. The van der Waals surface area contributed by atoms with Gasteiger partial charge in [0.1, 0.15) is 5.58 Å². The molecule has 1 N–H and O–H groups in total. The minimum atomic E-state index is -0.393. The summed E-state index contributed by atoms with van der Waals surface area (Å²) in [5.74, 6) is 0. The third-order valence-corrected chi connectivity index (χ3v) is 4.37. The summed E-state index contributed by atoms with van der Waals surface area (Å²) in [6.07, 6.45) is 3.94. The SMILES string of the molecule is Cc1cc2oc(=O)ccc2c2c(=O)c3c([nH]c12)CCCC3. The Labute approximate surface area is 120 Å². The summed E-state index contributed by atoms with van der Waals surface area (Å²) in [5.41, 5.74) is 3.93. The van der Waals surface area contributed by atoms with Crippen molar-refractivity contribution < 1.29 is 4.42 Å². The van der Waals surface area contributed by atoms with Crippen LogP contribution < -0.4 is 11.1 Å². The highest BCUT2D eigenvalue weighted by atomic mass is 16.4. The normalized spacial score (nSPS) is 14.5. The van der Waals surface area contributed by atoms with Crippen molar-refractivity contribution >= 4 is 21.9 Å². The third kappa shape index (κ3) is 1.75. The number of aryl methyl sites for hydroxylation is 2. The van der Waals surface area contributed by atoms with Gasteiger partial charge in [0.05, 0.1) is 10.9 Å². The minimum Gasteiger partial charge on any atom is -0.423 e. The van der Waals surface area contributed by atoms with Gasteiger partial charge in [0.25, 0.3) is 0 Å². The number of nitrogens with one attached hydrogen (secondary N) is 1. The van der Waals surface area contributed by atoms with E-state index >= 15 is 0 Å². The molecule has 0 fully saturated rings. The molecule has 0 atom stereocenters. The molecule has 21 heavy (non-hydrogen) atoms. The van der Waals surface area contributed by atoms with Crippen molar-refractivity contribution in [3.05, 3.63) is 55.7 Å². The molecule has 4 nitrogen and oxygen atoms in total. The van der Waals surface area contributed by atoms with Crippen molar-refractivity contribution in [2.75, 3.05) is 0 Å². The van der Waals surface area contributed by atoms with Gasteiger partial charge in [0.15, 0.2) is 5.43 Å². The highest BCUT2D eigenvalue weighted by Crippen LogP contribution is 2.27. The van der Waals surface area contributed by atoms with Gasteiger partial charge < -0.3 is 9.40 Å². The molecular weight excluding hydrogens is 266 g/mol. The van der Waals surface area contributed by atoms with Crippen molar-refractivity contribution in [3.8, 4) is 0 Å². The van der Waals surface area contributed by atoms with E-state index in [2.05, 4.69) is 4.98 Å². The van der Waals surface area contributed by atoms with Gasteiger partial charge in [0, 0.05) is 22.7 Å². The molecule has 0 saturated heterocycles.